The third-order valence-electron chi connectivity index (χ3n) is 2.36. The van der Waals surface area contributed by atoms with E-state index < -0.39 is 10.8 Å². The smallest absolute Gasteiger partial charge is 0.0953 e. The molecule has 5 heteroatoms. The van der Waals surface area contributed by atoms with E-state index in [0.29, 0.717) is 5.92 Å². The van der Waals surface area contributed by atoms with Gasteiger partial charge in [-0.25, -0.2) is 4.98 Å². The zero-order valence-electron chi connectivity index (χ0n) is 10.3. The van der Waals surface area contributed by atoms with Gasteiger partial charge in [0.15, 0.2) is 0 Å². The standard InChI is InChI=1S/C11H20N2OS2/c1-8(2)11-13-7-10(15-11)6-12-5-9(3)16(4)14/h7-9,12H,5-6H2,1-4H3. The van der Waals surface area contributed by atoms with Crippen molar-refractivity contribution < 1.29 is 4.21 Å². The number of aromatic nitrogens is 1. The van der Waals surface area contributed by atoms with Crippen molar-refractivity contribution in [3.05, 3.63) is 16.1 Å². The second-order valence-corrected chi connectivity index (χ2v) is 7.21. The van der Waals surface area contributed by atoms with Crippen LogP contribution in [-0.2, 0) is 17.3 Å². The van der Waals surface area contributed by atoms with E-state index in [0.717, 1.165) is 13.1 Å². The molecule has 1 N–H and O–H groups in total. The molecule has 2 unspecified atom stereocenters. The molecule has 1 aromatic rings. The number of hydrogen-bond acceptors (Lipinski definition) is 4. The van der Waals surface area contributed by atoms with Crippen LogP contribution in [0.5, 0.6) is 0 Å². The van der Waals surface area contributed by atoms with Crippen molar-refractivity contribution in [1.82, 2.24) is 10.3 Å². The van der Waals surface area contributed by atoms with Crippen LogP contribution in [0.4, 0.5) is 0 Å². The lowest BCUT2D eigenvalue weighted by Crippen LogP contribution is -2.26. The largest absolute Gasteiger partial charge is 0.311 e. The van der Waals surface area contributed by atoms with Gasteiger partial charge >= 0.3 is 0 Å². The van der Waals surface area contributed by atoms with E-state index in [4.69, 9.17) is 0 Å². The van der Waals surface area contributed by atoms with Gasteiger partial charge in [-0.2, -0.15) is 0 Å². The maximum Gasteiger partial charge on any atom is 0.0953 e. The van der Waals surface area contributed by atoms with Crippen molar-refractivity contribution in [3.63, 3.8) is 0 Å². The molecule has 1 aromatic heterocycles. The average Bonchev–Trinajstić information content (AvgIpc) is 2.66. The van der Waals surface area contributed by atoms with Crippen LogP contribution in [0.1, 0.15) is 36.6 Å². The quantitative estimate of drug-likeness (QED) is 0.852. The second-order valence-electron chi connectivity index (χ2n) is 4.26. The summed E-state index contributed by atoms with van der Waals surface area (Å²) in [7, 11) is -0.745. The Morgan fingerprint density at radius 3 is 2.69 bits per heavy atom. The Bertz CT molecular complexity index is 350. The van der Waals surface area contributed by atoms with Crippen molar-refractivity contribution in [2.24, 2.45) is 0 Å². The molecule has 2 atom stereocenters. The Kier molecular flexibility index (Phi) is 5.58. The summed E-state index contributed by atoms with van der Waals surface area (Å²) in [5, 5.41) is 4.70. The Morgan fingerprint density at radius 1 is 1.50 bits per heavy atom. The highest BCUT2D eigenvalue weighted by atomic mass is 32.2. The van der Waals surface area contributed by atoms with Gasteiger partial charge in [0.05, 0.1) is 5.01 Å². The highest BCUT2D eigenvalue weighted by Crippen LogP contribution is 2.20. The molecule has 92 valence electrons. The zero-order valence-corrected chi connectivity index (χ0v) is 12.0. The van der Waals surface area contributed by atoms with E-state index in [-0.39, 0.29) is 5.25 Å². The maximum absolute atomic E-state index is 11.1. The van der Waals surface area contributed by atoms with Crippen LogP contribution in [-0.4, -0.2) is 27.2 Å². The van der Waals surface area contributed by atoms with E-state index in [1.807, 2.05) is 13.1 Å². The van der Waals surface area contributed by atoms with Gasteiger partial charge in [0.2, 0.25) is 0 Å². The van der Waals surface area contributed by atoms with Crippen molar-refractivity contribution in [1.29, 1.82) is 0 Å². The fourth-order valence-corrected chi connectivity index (χ4v) is 2.43. The molecule has 0 saturated carbocycles. The van der Waals surface area contributed by atoms with Crippen molar-refractivity contribution >= 4 is 22.1 Å². The van der Waals surface area contributed by atoms with Gasteiger partial charge in [-0.3, -0.25) is 4.21 Å². The summed E-state index contributed by atoms with van der Waals surface area (Å²) in [5.41, 5.74) is 0. The van der Waals surface area contributed by atoms with Crippen LogP contribution < -0.4 is 5.32 Å². The highest BCUT2D eigenvalue weighted by molar-refractivity contribution is 7.84. The number of rotatable bonds is 6. The van der Waals surface area contributed by atoms with E-state index >= 15 is 0 Å². The van der Waals surface area contributed by atoms with E-state index in [9.17, 15) is 4.21 Å². The number of nitrogens with zero attached hydrogens (tertiary/aromatic N) is 1. The van der Waals surface area contributed by atoms with Crippen LogP contribution in [0.25, 0.3) is 0 Å². The molecule has 3 nitrogen and oxygen atoms in total. The van der Waals surface area contributed by atoms with Crippen LogP contribution >= 0.6 is 11.3 Å². The number of thiazole rings is 1. The van der Waals surface area contributed by atoms with Gasteiger partial charge in [-0.1, -0.05) is 13.8 Å². The van der Waals surface area contributed by atoms with Gasteiger partial charge in [0.1, 0.15) is 0 Å². The molecular formula is C11H20N2OS2. The molecule has 0 aliphatic rings. The summed E-state index contributed by atoms with van der Waals surface area (Å²) in [6, 6.07) is 0. The van der Waals surface area contributed by atoms with Gasteiger partial charge < -0.3 is 5.32 Å². The number of hydrogen-bond donors (Lipinski definition) is 1. The van der Waals surface area contributed by atoms with Gasteiger partial charge in [-0.15, -0.1) is 11.3 Å². The first-order chi connectivity index (χ1) is 7.50. The molecule has 0 bridgehead atoms. The summed E-state index contributed by atoms with van der Waals surface area (Å²) < 4.78 is 11.1. The first-order valence-corrected chi connectivity index (χ1v) is 7.92. The minimum absolute atomic E-state index is 0.206. The third-order valence-corrected chi connectivity index (χ3v) is 4.96. The first-order valence-electron chi connectivity index (χ1n) is 5.48. The topological polar surface area (TPSA) is 42.0 Å². The Balaban J connectivity index is 2.34. The molecular weight excluding hydrogens is 240 g/mol. The first kappa shape index (κ1) is 13.8. The fourth-order valence-electron chi connectivity index (χ4n) is 1.19. The molecule has 0 amide bonds. The predicted molar refractivity (Wildman–Crippen MR) is 71.4 cm³/mol. The minimum atomic E-state index is -0.745. The monoisotopic (exact) mass is 260 g/mol. The molecule has 0 fully saturated rings. The number of nitrogens with one attached hydrogen (secondary N) is 1. The molecule has 0 spiro atoms. The molecule has 0 aromatic carbocycles. The molecule has 1 rings (SSSR count). The van der Waals surface area contributed by atoms with Crippen LogP contribution in [0.2, 0.25) is 0 Å². The maximum atomic E-state index is 11.1. The normalized spacial score (nSPS) is 15.3. The van der Waals surface area contributed by atoms with Crippen LogP contribution in [0, 0.1) is 0 Å². The molecule has 0 radical (unpaired) electrons. The summed E-state index contributed by atoms with van der Waals surface area (Å²) in [6.07, 6.45) is 3.68. The van der Waals surface area contributed by atoms with Gasteiger partial charge in [-0.05, 0) is 6.92 Å². The molecule has 1 heterocycles. The van der Waals surface area contributed by atoms with E-state index in [1.54, 1.807) is 17.6 Å². The lowest BCUT2D eigenvalue weighted by Gasteiger charge is -2.08. The Labute approximate surface area is 104 Å². The van der Waals surface area contributed by atoms with Crippen molar-refractivity contribution in [3.8, 4) is 0 Å². The van der Waals surface area contributed by atoms with Crippen molar-refractivity contribution in [2.45, 2.75) is 38.5 Å². The van der Waals surface area contributed by atoms with Gasteiger partial charge in [0.25, 0.3) is 0 Å². The SMILES string of the molecule is CC(C)c1ncc(CNCC(C)S(C)=O)s1. The molecule has 0 aliphatic carbocycles. The fraction of sp³-hybridized carbons (Fsp3) is 0.727. The van der Waals surface area contributed by atoms with Crippen molar-refractivity contribution in [2.75, 3.05) is 12.8 Å². The van der Waals surface area contributed by atoms with Gasteiger partial charge in [0, 0.05) is 52.4 Å². The Morgan fingerprint density at radius 2 is 2.19 bits per heavy atom. The molecule has 16 heavy (non-hydrogen) atoms. The predicted octanol–water partition coefficient (Wildman–Crippen LogP) is 2.12. The summed E-state index contributed by atoms with van der Waals surface area (Å²) in [5.74, 6) is 0.501. The molecule has 0 aliphatic heterocycles. The lowest BCUT2D eigenvalue weighted by atomic mass is 10.2. The lowest BCUT2D eigenvalue weighted by molar-refractivity contribution is 0.649. The van der Waals surface area contributed by atoms with Crippen LogP contribution in [0.3, 0.4) is 0 Å². The summed E-state index contributed by atoms with van der Waals surface area (Å²) in [4.78, 5) is 5.62. The summed E-state index contributed by atoms with van der Waals surface area (Å²) >= 11 is 1.75. The van der Waals surface area contributed by atoms with E-state index in [1.165, 1.54) is 9.88 Å². The average molecular weight is 260 g/mol. The van der Waals surface area contributed by atoms with E-state index in [2.05, 4.69) is 24.1 Å². The third kappa shape index (κ3) is 4.31. The minimum Gasteiger partial charge on any atom is -0.311 e. The van der Waals surface area contributed by atoms with Crippen LogP contribution in [0.15, 0.2) is 6.20 Å². The highest BCUT2D eigenvalue weighted by Gasteiger charge is 2.07. The molecule has 0 saturated heterocycles. The zero-order chi connectivity index (χ0) is 12.1. The Hall–Kier alpha value is -0.260. The summed E-state index contributed by atoms with van der Waals surface area (Å²) in [6.45, 7) is 7.91. The second kappa shape index (κ2) is 6.47.